The Hall–Kier alpha value is -0.640. The van der Waals surface area contributed by atoms with Crippen LogP contribution in [0, 0.1) is 0 Å². The molecule has 14 heavy (non-hydrogen) atoms. The first-order valence-electron chi connectivity index (χ1n) is 4.55. The molecule has 0 saturated carbocycles. The summed E-state index contributed by atoms with van der Waals surface area (Å²) in [5.74, 6) is 0. The molecule has 0 saturated heterocycles. The maximum atomic E-state index is 6.05. The van der Waals surface area contributed by atoms with Crippen LogP contribution in [0.1, 0.15) is 11.4 Å². The van der Waals surface area contributed by atoms with Crippen LogP contribution in [0.2, 0.25) is 5.02 Å². The van der Waals surface area contributed by atoms with Gasteiger partial charge in [-0.05, 0) is 25.1 Å². The van der Waals surface area contributed by atoms with E-state index in [0.29, 0.717) is 6.54 Å². The Morgan fingerprint density at radius 3 is 3.00 bits per heavy atom. The number of aryl methyl sites for hydroxylation is 1. The molecule has 0 unspecified atom stereocenters. The Morgan fingerprint density at radius 1 is 1.43 bits per heavy atom. The van der Waals surface area contributed by atoms with Crippen LogP contribution in [0.4, 0.5) is 0 Å². The van der Waals surface area contributed by atoms with E-state index in [0.717, 1.165) is 33.1 Å². The zero-order valence-electron chi connectivity index (χ0n) is 7.66. The Kier molecular flexibility index (Phi) is 3.01. The molecule has 0 aliphatic carbocycles. The second-order valence-electron chi connectivity index (χ2n) is 3.09. The van der Waals surface area contributed by atoms with Crippen molar-refractivity contribution in [2.45, 2.75) is 12.8 Å². The highest BCUT2D eigenvalue weighted by molar-refractivity contribution is 7.19. The van der Waals surface area contributed by atoms with Crippen molar-refractivity contribution in [3.8, 4) is 0 Å². The van der Waals surface area contributed by atoms with E-state index in [2.05, 4.69) is 4.98 Å². The summed E-state index contributed by atoms with van der Waals surface area (Å²) >= 11 is 7.72. The molecule has 0 amide bonds. The van der Waals surface area contributed by atoms with Gasteiger partial charge in [-0.25, -0.2) is 4.98 Å². The van der Waals surface area contributed by atoms with Crippen LogP contribution in [-0.2, 0) is 6.42 Å². The molecule has 2 aromatic rings. The summed E-state index contributed by atoms with van der Waals surface area (Å²) in [6, 6.07) is 5.82. The first kappa shape index (κ1) is 9.90. The van der Waals surface area contributed by atoms with E-state index in [1.54, 1.807) is 11.3 Å². The summed E-state index contributed by atoms with van der Waals surface area (Å²) in [5, 5.41) is 1.91. The van der Waals surface area contributed by atoms with Gasteiger partial charge in [0.05, 0.1) is 20.2 Å². The molecule has 0 radical (unpaired) electrons. The standard InChI is InChI=1S/C10H11ClN2S/c11-7-3-1-4-8-10(7)14-9(13-8)5-2-6-12/h1,3-4H,2,5-6,12H2. The first-order chi connectivity index (χ1) is 6.81. The highest BCUT2D eigenvalue weighted by Crippen LogP contribution is 2.29. The molecule has 1 aromatic carbocycles. The van der Waals surface area contributed by atoms with E-state index >= 15 is 0 Å². The summed E-state index contributed by atoms with van der Waals surface area (Å²) in [4.78, 5) is 4.49. The summed E-state index contributed by atoms with van der Waals surface area (Å²) < 4.78 is 1.08. The first-order valence-corrected chi connectivity index (χ1v) is 5.74. The number of hydrogen-bond acceptors (Lipinski definition) is 3. The molecule has 0 aliphatic heterocycles. The normalized spacial score (nSPS) is 11.0. The molecule has 2 nitrogen and oxygen atoms in total. The van der Waals surface area contributed by atoms with Gasteiger partial charge in [0.1, 0.15) is 0 Å². The van der Waals surface area contributed by atoms with Crippen LogP contribution in [0.5, 0.6) is 0 Å². The van der Waals surface area contributed by atoms with Crippen molar-refractivity contribution in [2.75, 3.05) is 6.54 Å². The van der Waals surface area contributed by atoms with Crippen LogP contribution in [-0.4, -0.2) is 11.5 Å². The van der Waals surface area contributed by atoms with Gasteiger partial charge in [0.2, 0.25) is 0 Å². The number of aromatic nitrogens is 1. The van der Waals surface area contributed by atoms with Gasteiger partial charge in [0.25, 0.3) is 0 Å². The quantitative estimate of drug-likeness (QED) is 0.874. The predicted octanol–water partition coefficient (Wildman–Crippen LogP) is 2.84. The predicted molar refractivity (Wildman–Crippen MR) is 62.0 cm³/mol. The zero-order valence-corrected chi connectivity index (χ0v) is 9.24. The summed E-state index contributed by atoms with van der Waals surface area (Å²) in [6.07, 6.45) is 1.93. The highest BCUT2D eigenvalue weighted by atomic mass is 35.5. The maximum Gasteiger partial charge on any atom is 0.0939 e. The monoisotopic (exact) mass is 226 g/mol. The largest absolute Gasteiger partial charge is 0.330 e. The fourth-order valence-electron chi connectivity index (χ4n) is 1.32. The molecule has 2 rings (SSSR count). The van der Waals surface area contributed by atoms with Gasteiger partial charge >= 0.3 is 0 Å². The van der Waals surface area contributed by atoms with Crippen molar-refractivity contribution in [1.29, 1.82) is 0 Å². The molecule has 0 fully saturated rings. The minimum Gasteiger partial charge on any atom is -0.330 e. The molecule has 0 bridgehead atoms. The molecule has 0 aliphatic rings. The lowest BCUT2D eigenvalue weighted by atomic mass is 10.3. The molecule has 0 atom stereocenters. The summed E-state index contributed by atoms with van der Waals surface area (Å²) in [6.45, 7) is 0.712. The summed E-state index contributed by atoms with van der Waals surface area (Å²) in [5.41, 5.74) is 6.45. The van der Waals surface area contributed by atoms with Crippen molar-refractivity contribution >= 4 is 33.2 Å². The van der Waals surface area contributed by atoms with E-state index in [4.69, 9.17) is 17.3 Å². The minimum atomic E-state index is 0.712. The molecular weight excluding hydrogens is 216 g/mol. The smallest absolute Gasteiger partial charge is 0.0939 e. The van der Waals surface area contributed by atoms with Gasteiger partial charge in [-0.1, -0.05) is 17.7 Å². The van der Waals surface area contributed by atoms with Crippen LogP contribution >= 0.6 is 22.9 Å². The van der Waals surface area contributed by atoms with Crippen LogP contribution in [0.25, 0.3) is 10.2 Å². The molecule has 1 heterocycles. The Balaban J connectivity index is 2.36. The lowest BCUT2D eigenvalue weighted by molar-refractivity contribution is 0.828. The molecule has 2 N–H and O–H groups in total. The van der Waals surface area contributed by atoms with Gasteiger partial charge < -0.3 is 5.73 Å². The van der Waals surface area contributed by atoms with Gasteiger partial charge in [-0.15, -0.1) is 11.3 Å². The number of halogens is 1. The Morgan fingerprint density at radius 2 is 2.29 bits per heavy atom. The number of rotatable bonds is 3. The second kappa shape index (κ2) is 4.26. The van der Waals surface area contributed by atoms with Crippen molar-refractivity contribution in [3.63, 3.8) is 0 Å². The number of nitrogens with zero attached hydrogens (tertiary/aromatic N) is 1. The average Bonchev–Trinajstić information content (AvgIpc) is 2.59. The number of hydrogen-bond donors (Lipinski definition) is 1. The highest BCUT2D eigenvalue weighted by Gasteiger charge is 2.05. The van der Waals surface area contributed by atoms with Gasteiger partial charge in [-0.2, -0.15) is 0 Å². The molecule has 74 valence electrons. The van der Waals surface area contributed by atoms with Crippen LogP contribution < -0.4 is 5.73 Å². The zero-order chi connectivity index (χ0) is 9.97. The van der Waals surface area contributed by atoms with E-state index in [1.807, 2.05) is 18.2 Å². The molecule has 1 aromatic heterocycles. The van der Waals surface area contributed by atoms with Gasteiger partial charge in [-0.3, -0.25) is 0 Å². The summed E-state index contributed by atoms with van der Waals surface area (Å²) in [7, 11) is 0. The fraction of sp³-hybridized carbons (Fsp3) is 0.300. The van der Waals surface area contributed by atoms with Crippen molar-refractivity contribution < 1.29 is 0 Å². The van der Waals surface area contributed by atoms with Gasteiger partial charge in [0, 0.05) is 6.42 Å². The van der Waals surface area contributed by atoms with E-state index < -0.39 is 0 Å². The van der Waals surface area contributed by atoms with E-state index in [1.165, 1.54) is 0 Å². The van der Waals surface area contributed by atoms with Crippen LogP contribution in [0.3, 0.4) is 0 Å². The second-order valence-corrected chi connectivity index (χ2v) is 4.58. The molecule has 4 heteroatoms. The minimum absolute atomic E-state index is 0.712. The molecular formula is C10H11ClN2S. The Labute approximate surface area is 91.7 Å². The number of nitrogens with two attached hydrogens (primary N) is 1. The molecule has 0 spiro atoms. The van der Waals surface area contributed by atoms with E-state index in [9.17, 15) is 0 Å². The number of benzene rings is 1. The maximum absolute atomic E-state index is 6.05. The average molecular weight is 227 g/mol. The third kappa shape index (κ3) is 1.90. The SMILES string of the molecule is NCCCc1nc2cccc(Cl)c2s1. The number of fused-ring (bicyclic) bond motifs is 1. The van der Waals surface area contributed by atoms with Gasteiger partial charge in [0.15, 0.2) is 0 Å². The topological polar surface area (TPSA) is 38.9 Å². The fourth-order valence-corrected chi connectivity index (χ4v) is 2.62. The van der Waals surface area contributed by atoms with E-state index in [-0.39, 0.29) is 0 Å². The Bertz CT molecular complexity index is 439. The third-order valence-corrected chi connectivity index (χ3v) is 3.60. The van der Waals surface area contributed by atoms with Crippen LogP contribution in [0.15, 0.2) is 18.2 Å². The van der Waals surface area contributed by atoms with Crippen molar-refractivity contribution in [1.82, 2.24) is 4.98 Å². The lowest BCUT2D eigenvalue weighted by Gasteiger charge is -1.89. The van der Waals surface area contributed by atoms with Crippen molar-refractivity contribution in [3.05, 3.63) is 28.2 Å². The number of thiazole rings is 1. The lowest BCUT2D eigenvalue weighted by Crippen LogP contribution is -1.99. The third-order valence-electron chi connectivity index (χ3n) is 2.01. The van der Waals surface area contributed by atoms with Crippen molar-refractivity contribution in [2.24, 2.45) is 5.73 Å².